The molecule has 0 saturated carbocycles. The summed E-state index contributed by atoms with van der Waals surface area (Å²) >= 11 is 0. The molecule has 1 N–H and O–H groups in total. The quantitative estimate of drug-likeness (QED) is 0.398. The average molecular weight is 448 g/mol. The molecule has 3 aromatic rings. The maximum absolute atomic E-state index is 13.7. The molecule has 0 saturated heterocycles. The zero-order valence-corrected chi connectivity index (χ0v) is 19.8. The third kappa shape index (κ3) is 5.86. The lowest BCUT2D eigenvalue weighted by Gasteiger charge is -2.26. The molecule has 0 aliphatic rings. The van der Waals surface area contributed by atoms with Gasteiger partial charge in [0.25, 0.3) is 0 Å². The minimum absolute atomic E-state index is 0.0320. The van der Waals surface area contributed by atoms with Crippen molar-refractivity contribution in [2.75, 3.05) is 21.3 Å². The van der Waals surface area contributed by atoms with E-state index in [-0.39, 0.29) is 11.8 Å². The van der Waals surface area contributed by atoms with Crippen LogP contribution in [0.1, 0.15) is 54.8 Å². The van der Waals surface area contributed by atoms with E-state index in [1.165, 1.54) is 0 Å². The van der Waals surface area contributed by atoms with Crippen molar-refractivity contribution in [2.24, 2.45) is 0 Å². The molecule has 0 aromatic heterocycles. The van der Waals surface area contributed by atoms with Gasteiger partial charge in [-0.1, -0.05) is 68.3 Å². The molecular formula is C28H33NO4. The summed E-state index contributed by atoms with van der Waals surface area (Å²) in [7, 11) is 4.92. The fraction of sp³-hybridized carbons (Fsp3) is 0.321. The lowest BCUT2D eigenvalue weighted by Crippen LogP contribution is -2.34. The molecular weight excluding hydrogens is 414 g/mol. The topological polar surface area (TPSA) is 56.8 Å². The van der Waals surface area contributed by atoms with Crippen molar-refractivity contribution in [2.45, 2.75) is 38.1 Å². The van der Waals surface area contributed by atoms with Gasteiger partial charge in [0.05, 0.1) is 33.3 Å². The number of benzene rings is 3. The van der Waals surface area contributed by atoms with Crippen molar-refractivity contribution >= 4 is 5.91 Å². The highest BCUT2D eigenvalue weighted by atomic mass is 16.5. The summed E-state index contributed by atoms with van der Waals surface area (Å²) in [6.07, 6.45) is 2.74. The van der Waals surface area contributed by atoms with Crippen LogP contribution in [-0.4, -0.2) is 27.2 Å². The van der Waals surface area contributed by atoms with E-state index in [4.69, 9.17) is 14.2 Å². The lowest BCUT2D eigenvalue weighted by molar-refractivity contribution is -0.123. The summed E-state index contributed by atoms with van der Waals surface area (Å²) in [5.74, 6) is 1.89. The number of unbranched alkanes of at least 4 members (excludes halogenated alkanes) is 1. The van der Waals surface area contributed by atoms with Crippen molar-refractivity contribution in [3.63, 3.8) is 0 Å². The van der Waals surface area contributed by atoms with Crippen molar-refractivity contribution < 1.29 is 19.0 Å². The molecule has 1 atom stereocenters. The molecule has 0 bridgehead atoms. The van der Waals surface area contributed by atoms with E-state index in [0.717, 1.165) is 41.7 Å². The largest absolute Gasteiger partial charge is 0.497 e. The fourth-order valence-corrected chi connectivity index (χ4v) is 4.07. The van der Waals surface area contributed by atoms with Crippen LogP contribution in [-0.2, 0) is 4.79 Å². The molecule has 0 radical (unpaired) electrons. The zero-order chi connectivity index (χ0) is 23.6. The van der Waals surface area contributed by atoms with E-state index < -0.39 is 6.04 Å². The van der Waals surface area contributed by atoms with Gasteiger partial charge in [-0.2, -0.15) is 0 Å². The van der Waals surface area contributed by atoms with Crippen LogP contribution in [0.4, 0.5) is 0 Å². The smallest absolute Gasteiger partial charge is 0.228 e. The SMILES string of the molecule is CCCC[C@@H](C(=O)NC(c1ccccc1OC)c1ccccc1OC)c1ccc(OC)cc1. The minimum Gasteiger partial charge on any atom is -0.497 e. The molecule has 1 amide bonds. The second-order valence-electron chi connectivity index (χ2n) is 7.89. The summed E-state index contributed by atoms with van der Waals surface area (Å²) < 4.78 is 16.6. The highest BCUT2D eigenvalue weighted by Crippen LogP contribution is 2.36. The Morgan fingerprint density at radius 1 is 0.788 bits per heavy atom. The predicted molar refractivity (Wildman–Crippen MR) is 131 cm³/mol. The standard InChI is InChI=1S/C28H33NO4/c1-5-6-11-22(20-16-18-21(31-2)19-17-20)28(30)29-27(23-12-7-9-14-25(23)32-3)24-13-8-10-15-26(24)33-4/h7-10,12-19,22,27H,5-6,11H2,1-4H3,(H,29,30)/t22-/m1/s1. The number of hydrogen-bond acceptors (Lipinski definition) is 4. The summed E-state index contributed by atoms with van der Waals surface area (Å²) in [5.41, 5.74) is 2.73. The molecule has 5 heteroatoms. The van der Waals surface area contributed by atoms with Gasteiger partial charge in [0.1, 0.15) is 17.2 Å². The molecule has 5 nitrogen and oxygen atoms in total. The van der Waals surface area contributed by atoms with E-state index in [1.807, 2.05) is 72.8 Å². The Morgan fingerprint density at radius 2 is 1.33 bits per heavy atom. The number of hydrogen-bond donors (Lipinski definition) is 1. The van der Waals surface area contributed by atoms with Gasteiger partial charge in [-0.3, -0.25) is 4.79 Å². The number of methoxy groups -OCH3 is 3. The van der Waals surface area contributed by atoms with Crippen LogP contribution in [0.25, 0.3) is 0 Å². The normalized spacial score (nSPS) is 11.7. The fourth-order valence-electron chi connectivity index (χ4n) is 4.07. The van der Waals surface area contributed by atoms with Gasteiger partial charge in [0.15, 0.2) is 0 Å². The van der Waals surface area contributed by atoms with Crippen LogP contribution in [0.3, 0.4) is 0 Å². The Labute approximate surface area is 196 Å². The van der Waals surface area contributed by atoms with Crippen molar-refractivity contribution in [3.05, 3.63) is 89.5 Å². The van der Waals surface area contributed by atoms with Gasteiger partial charge >= 0.3 is 0 Å². The van der Waals surface area contributed by atoms with Crippen LogP contribution in [0, 0.1) is 0 Å². The van der Waals surface area contributed by atoms with E-state index in [0.29, 0.717) is 11.5 Å². The van der Waals surface area contributed by atoms with Gasteiger partial charge in [-0.05, 0) is 36.2 Å². The highest BCUT2D eigenvalue weighted by Gasteiger charge is 2.27. The number of carbonyl (C=O) groups is 1. The number of para-hydroxylation sites is 2. The number of rotatable bonds is 11. The Balaban J connectivity index is 2.01. The third-order valence-corrected chi connectivity index (χ3v) is 5.87. The summed E-state index contributed by atoms with van der Waals surface area (Å²) in [5, 5.41) is 3.30. The Morgan fingerprint density at radius 3 is 1.82 bits per heavy atom. The van der Waals surface area contributed by atoms with Gasteiger partial charge < -0.3 is 19.5 Å². The van der Waals surface area contributed by atoms with Crippen LogP contribution in [0.15, 0.2) is 72.8 Å². The minimum atomic E-state index is -0.424. The molecule has 33 heavy (non-hydrogen) atoms. The molecule has 3 rings (SSSR count). The molecule has 0 aliphatic carbocycles. The molecule has 0 unspecified atom stereocenters. The lowest BCUT2D eigenvalue weighted by atomic mass is 9.90. The van der Waals surface area contributed by atoms with Crippen LogP contribution >= 0.6 is 0 Å². The van der Waals surface area contributed by atoms with E-state index >= 15 is 0 Å². The molecule has 0 fully saturated rings. The van der Waals surface area contributed by atoms with Gasteiger partial charge in [0, 0.05) is 11.1 Å². The van der Waals surface area contributed by atoms with Gasteiger partial charge in [-0.15, -0.1) is 0 Å². The monoisotopic (exact) mass is 447 g/mol. The molecule has 3 aromatic carbocycles. The van der Waals surface area contributed by atoms with Crippen molar-refractivity contribution in [1.29, 1.82) is 0 Å². The van der Waals surface area contributed by atoms with E-state index in [1.54, 1.807) is 21.3 Å². The number of nitrogens with one attached hydrogen (secondary N) is 1. The predicted octanol–water partition coefficient (Wildman–Crippen LogP) is 5.89. The summed E-state index contributed by atoms with van der Waals surface area (Å²) in [6, 6.07) is 22.8. The maximum Gasteiger partial charge on any atom is 0.228 e. The first-order valence-corrected chi connectivity index (χ1v) is 11.3. The Hall–Kier alpha value is -3.47. The second-order valence-corrected chi connectivity index (χ2v) is 7.89. The highest BCUT2D eigenvalue weighted by molar-refractivity contribution is 5.84. The zero-order valence-electron chi connectivity index (χ0n) is 19.8. The Bertz CT molecular complexity index is 985. The second kappa shape index (κ2) is 12.0. The number of carbonyl (C=O) groups excluding carboxylic acids is 1. The van der Waals surface area contributed by atoms with E-state index in [9.17, 15) is 4.79 Å². The van der Waals surface area contributed by atoms with Crippen LogP contribution in [0.5, 0.6) is 17.2 Å². The first kappa shape index (κ1) is 24.2. The van der Waals surface area contributed by atoms with Gasteiger partial charge in [-0.25, -0.2) is 0 Å². The first-order chi connectivity index (χ1) is 16.1. The van der Waals surface area contributed by atoms with Gasteiger partial charge in [0.2, 0.25) is 5.91 Å². The average Bonchev–Trinajstić information content (AvgIpc) is 2.87. The van der Waals surface area contributed by atoms with Crippen LogP contribution in [0.2, 0.25) is 0 Å². The molecule has 0 aliphatic heterocycles. The molecule has 0 spiro atoms. The summed E-state index contributed by atoms with van der Waals surface area (Å²) in [4.78, 5) is 13.7. The summed E-state index contributed by atoms with van der Waals surface area (Å²) in [6.45, 7) is 2.13. The van der Waals surface area contributed by atoms with Crippen molar-refractivity contribution in [1.82, 2.24) is 5.32 Å². The third-order valence-electron chi connectivity index (χ3n) is 5.87. The number of ether oxygens (including phenoxy) is 3. The van der Waals surface area contributed by atoms with E-state index in [2.05, 4.69) is 12.2 Å². The maximum atomic E-state index is 13.7. The molecule has 174 valence electrons. The first-order valence-electron chi connectivity index (χ1n) is 11.3. The Kier molecular flexibility index (Phi) is 8.76. The van der Waals surface area contributed by atoms with Crippen LogP contribution < -0.4 is 19.5 Å². The molecule has 0 heterocycles. The van der Waals surface area contributed by atoms with Crippen molar-refractivity contribution in [3.8, 4) is 17.2 Å². The number of amides is 1.